The van der Waals surface area contributed by atoms with Gasteiger partial charge in [-0.3, -0.25) is 0 Å². The van der Waals surface area contributed by atoms with Gasteiger partial charge in [-0.25, -0.2) is 4.68 Å². The van der Waals surface area contributed by atoms with Crippen LogP contribution in [0.2, 0.25) is 0 Å². The number of aromatic nitrogens is 3. The second-order valence-corrected chi connectivity index (χ2v) is 5.96. The van der Waals surface area contributed by atoms with Gasteiger partial charge in [0.05, 0.1) is 0 Å². The Kier molecular flexibility index (Phi) is 3.23. The number of rotatable bonds is 2. The highest BCUT2D eigenvalue weighted by atomic mass is 15.4. The molecule has 3 aromatic rings. The third kappa shape index (κ3) is 2.52. The van der Waals surface area contributed by atoms with Gasteiger partial charge in [-0.15, -0.1) is 0 Å². The predicted molar refractivity (Wildman–Crippen MR) is 92.1 cm³/mol. The summed E-state index contributed by atoms with van der Waals surface area (Å²) in [5.41, 5.74) is 5.93. The van der Waals surface area contributed by atoms with Crippen molar-refractivity contribution in [1.82, 2.24) is 14.8 Å². The van der Waals surface area contributed by atoms with Crippen LogP contribution >= 0.6 is 0 Å². The van der Waals surface area contributed by atoms with E-state index in [1.54, 1.807) is 6.33 Å². The molecule has 23 heavy (non-hydrogen) atoms. The molecule has 0 fully saturated rings. The van der Waals surface area contributed by atoms with Crippen molar-refractivity contribution in [2.75, 3.05) is 5.32 Å². The normalized spacial score (nSPS) is 16.4. The first-order chi connectivity index (χ1) is 11.2. The fourth-order valence-corrected chi connectivity index (χ4v) is 2.93. The molecule has 0 saturated carbocycles. The lowest BCUT2D eigenvalue weighted by Crippen LogP contribution is -2.20. The number of anilines is 1. The molecule has 1 aliphatic rings. The standard InChI is InChI=1S/C19H18N4/c1-13-6-8-15(9-7-13)17-11-18(16-5-3-4-14(2)10-16)23-19(22-17)20-12-21-23/h3-12,18H,1-2H3,(H,20,21,22)/t18-/m0/s1. The van der Waals surface area contributed by atoms with Crippen LogP contribution in [0.25, 0.3) is 5.70 Å². The van der Waals surface area contributed by atoms with Crippen molar-refractivity contribution in [3.63, 3.8) is 0 Å². The van der Waals surface area contributed by atoms with Crippen molar-refractivity contribution in [3.05, 3.63) is 83.2 Å². The largest absolute Gasteiger partial charge is 0.324 e. The fourth-order valence-electron chi connectivity index (χ4n) is 2.93. The molecule has 0 radical (unpaired) electrons. The van der Waals surface area contributed by atoms with Crippen LogP contribution in [0.3, 0.4) is 0 Å². The average molecular weight is 302 g/mol. The fraction of sp³-hybridized carbons (Fsp3) is 0.158. The van der Waals surface area contributed by atoms with E-state index in [1.807, 2.05) is 4.68 Å². The molecule has 4 heteroatoms. The topological polar surface area (TPSA) is 42.7 Å². The molecular formula is C19H18N4. The number of hydrogen-bond donors (Lipinski definition) is 1. The first-order valence-electron chi connectivity index (χ1n) is 7.73. The lowest BCUT2D eigenvalue weighted by molar-refractivity contribution is 0.611. The van der Waals surface area contributed by atoms with Gasteiger partial charge in [-0.2, -0.15) is 10.1 Å². The van der Waals surface area contributed by atoms with Gasteiger partial charge >= 0.3 is 0 Å². The van der Waals surface area contributed by atoms with E-state index in [-0.39, 0.29) is 6.04 Å². The van der Waals surface area contributed by atoms with Gasteiger partial charge in [0, 0.05) is 5.70 Å². The summed E-state index contributed by atoms with van der Waals surface area (Å²) in [6.45, 7) is 4.20. The van der Waals surface area contributed by atoms with E-state index < -0.39 is 0 Å². The Morgan fingerprint density at radius 2 is 1.83 bits per heavy atom. The summed E-state index contributed by atoms with van der Waals surface area (Å²) >= 11 is 0. The van der Waals surface area contributed by atoms with Crippen LogP contribution in [0, 0.1) is 13.8 Å². The summed E-state index contributed by atoms with van der Waals surface area (Å²) in [5.74, 6) is 0.773. The number of benzene rings is 2. The smallest absolute Gasteiger partial charge is 0.226 e. The first kappa shape index (κ1) is 13.8. The van der Waals surface area contributed by atoms with E-state index in [2.05, 4.69) is 83.9 Å². The molecule has 1 N–H and O–H groups in total. The molecule has 0 amide bonds. The van der Waals surface area contributed by atoms with Crippen LogP contribution in [0.1, 0.15) is 28.3 Å². The van der Waals surface area contributed by atoms with Crippen LogP contribution < -0.4 is 5.32 Å². The molecule has 0 saturated heterocycles. The summed E-state index contributed by atoms with van der Waals surface area (Å²) in [6, 6.07) is 17.1. The van der Waals surface area contributed by atoms with E-state index in [1.165, 1.54) is 16.7 Å². The monoisotopic (exact) mass is 302 g/mol. The van der Waals surface area contributed by atoms with E-state index in [9.17, 15) is 0 Å². The predicted octanol–water partition coefficient (Wildman–Crippen LogP) is 3.95. The summed E-state index contributed by atoms with van der Waals surface area (Å²) in [4.78, 5) is 4.35. The number of hydrogen-bond acceptors (Lipinski definition) is 3. The van der Waals surface area contributed by atoms with Crippen molar-refractivity contribution < 1.29 is 0 Å². The molecule has 0 bridgehead atoms. The molecule has 0 unspecified atom stereocenters. The van der Waals surface area contributed by atoms with E-state index in [4.69, 9.17) is 0 Å². The van der Waals surface area contributed by atoms with Crippen molar-refractivity contribution in [1.29, 1.82) is 0 Å². The quantitative estimate of drug-likeness (QED) is 0.779. The van der Waals surface area contributed by atoms with Crippen LogP contribution in [0.15, 0.2) is 60.9 Å². The molecule has 2 heterocycles. The van der Waals surface area contributed by atoms with Crippen molar-refractivity contribution in [2.24, 2.45) is 0 Å². The second kappa shape index (κ2) is 5.39. The Morgan fingerprint density at radius 1 is 1.00 bits per heavy atom. The number of fused-ring (bicyclic) bond motifs is 1. The molecule has 0 aliphatic carbocycles. The van der Waals surface area contributed by atoms with E-state index >= 15 is 0 Å². The summed E-state index contributed by atoms with van der Waals surface area (Å²) in [5, 5.41) is 7.76. The van der Waals surface area contributed by atoms with Crippen LogP contribution in [-0.4, -0.2) is 14.8 Å². The summed E-state index contributed by atoms with van der Waals surface area (Å²) in [6.07, 6.45) is 3.80. The zero-order valence-corrected chi connectivity index (χ0v) is 13.2. The highest BCUT2D eigenvalue weighted by Crippen LogP contribution is 2.32. The average Bonchev–Trinajstić information content (AvgIpc) is 3.03. The Balaban J connectivity index is 1.81. The highest BCUT2D eigenvalue weighted by molar-refractivity contribution is 5.77. The maximum atomic E-state index is 4.38. The van der Waals surface area contributed by atoms with Crippen molar-refractivity contribution >= 4 is 11.6 Å². The van der Waals surface area contributed by atoms with Gasteiger partial charge in [-0.1, -0.05) is 59.7 Å². The van der Waals surface area contributed by atoms with Crippen LogP contribution in [-0.2, 0) is 0 Å². The molecule has 114 valence electrons. The molecule has 0 spiro atoms. The molecule has 1 atom stereocenters. The van der Waals surface area contributed by atoms with Gasteiger partial charge in [0.15, 0.2) is 0 Å². The number of nitrogens with one attached hydrogen (secondary N) is 1. The molecule has 4 rings (SSSR count). The van der Waals surface area contributed by atoms with Gasteiger partial charge < -0.3 is 5.32 Å². The van der Waals surface area contributed by atoms with Gasteiger partial charge in [0.1, 0.15) is 12.4 Å². The molecule has 1 aromatic heterocycles. The minimum absolute atomic E-state index is 0.0463. The zero-order valence-electron chi connectivity index (χ0n) is 13.2. The molecular weight excluding hydrogens is 284 g/mol. The Morgan fingerprint density at radius 3 is 2.61 bits per heavy atom. The number of nitrogens with zero attached hydrogens (tertiary/aromatic N) is 3. The SMILES string of the molecule is Cc1ccc(C2=C[C@@H](c3cccc(C)c3)n3ncnc3N2)cc1. The Labute approximate surface area is 135 Å². The van der Waals surface area contributed by atoms with E-state index in [0.29, 0.717) is 0 Å². The molecule has 1 aliphatic heterocycles. The third-order valence-electron chi connectivity index (χ3n) is 4.15. The number of allylic oxidation sites excluding steroid dienone is 1. The maximum Gasteiger partial charge on any atom is 0.226 e. The summed E-state index contributed by atoms with van der Waals surface area (Å²) < 4.78 is 1.92. The third-order valence-corrected chi connectivity index (χ3v) is 4.15. The van der Waals surface area contributed by atoms with Crippen molar-refractivity contribution in [3.8, 4) is 0 Å². The minimum Gasteiger partial charge on any atom is -0.324 e. The molecule has 4 nitrogen and oxygen atoms in total. The van der Waals surface area contributed by atoms with Crippen LogP contribution in [0.5, 0.6) is 0 Å². The lowest BCUT2D eigenvalue weighted by Gasteiger charge is -2.24. The zero-order chi connectivity index (χ0) is 15.8. The van der Waals surface area contributed by atoms with E-state index in [0.717, 1.165) is 17.2 Å². The Hall–Kier alpha value is -2.88. The maximum absolute atomic E-state index is 4.38. The first-order valence-corrected chi connectivity index (χ1v) is 7.73. The Bertz CT molecular complexity index is 874. The molecule has 2 aromatic carbocycles. The van der Waals surface area contributed by atoms with Gasteiger partial charge in [-0.05, 0) is 31.1 Å². The minimum atomic E-state index is 0.0463. The van der Waals surface area contributed by atoms with Gasteiger partial charge in [0.25, 0.3) is 0 Å². The van der Waals surface area contributed by atoms with Crippen molar-refractivity contribution in [2.45, 2.75) is 19.9 Å². The number of aryl methyl sites for hydroxylation is 2. The second-order valence-electron chi connectivity index (χ2n) is 5.96. The summed E-state index contributed by atoms with van der Waals surface area (Å²) in [7, 11) is 0. The van der Waals surface area contributed by atoms with Crippen LogP contribution in [0.4, 0.5) is 5.95 Å². The lowest BCUT2D eigenvalue weighted by atomic mass is 10.00. The van der Waals surface area contributed by atoms with Gasteiger partial charge in [0.2, 0.25) is 5.95 Å². The highest BCUT2D eigenvalue weighted by Gasteiger charge is 2.23.